The molecule has 6 aromatic rings. The molecule has 12 heteroatoms. The van der Waals surface area contributed by atoms with Gasteiger partial charge in [0.15, 0.2) is 0 Å². The smallest absolute Gasteiger partial charge is 0.324 e. The monoisotopic (exact) mass is 655 g/mol. The summed E-state index contributed by atoms with van der Waals surface area (Å²) in [4.78, 5) is 37.3. The molecule has 0 aliphatic rings. The maximum Gasteiger partial charge on any atom is 0.324 e. The van der Waals surface area contributed by atoms with Gasteiger partial charge in [-0.15, -0.1) is 0 Å². The first kappa shape index (κ1) is 32.6. The van der Waals surface area contributed by atoms with Crippen LogP contribution in [0.2, 0.25) is 0 Å². The predicted molar refractivity (Wildman–Crippen MR) is 190 cm³/mol. The molecule has 3 amide bonds. The van der Waals surface area contributed by atoms with E-state index in [0.29, 0.717) is 34.6 Å². The van der Waals surface area contributed by atoms with Crippen LogP contribution in [0.1, 0.15) is 42.3 Å². The fraction of sp³-hybridized carbons (Fsp3) is 0.189. The van der Waals surface area contributed by atoms with Crippen molar-refractivity contribution in [1.29, 1.82) is 0 Å². The Morgan fingerprint density at radius 3 is 2.43 bits per heavy atom. The molecule has 0 aliphatic carbocycles. The normalized spacial score (nSPS) is 10.9. The van der Waals surface area contributed by atoms with E-state index in [-0.39, 0.29) is 19.1 Å². The number of nitrogens with two attached hydrogens (primary N) is 1. The lowest BCUT2D eigenvalue weighted by Gasteiger charge is -2.15. The number of ether oxygens (including phenoxy) is 1. The van der Waals surface area contributed by atoms with Crippen LogP contribution in [0.4, 0.5) is 27.9 Å². The summed E-state index contributed by atoms with van der Waals surface area (Å²) in [5, 5.41) is 15.6. The summed E-state index contributed by atoms with van der Waals surface area (Å²) in [6, 6.07) is 24.8. The minimum absolute atomic E-state index is 0.0260. The Labute approximate surface area is 283 Å². The number of pyridine rings is 1. The zero-order valence-electron chi connectivity index (χ0n) is 27.3. The molecule has 3 aromatic heterocycles. The van der Waals surface area contributed by atoms with E-state index in [9.17, 15) is 9.59 Å². The molecule has 0 unspecified atom stereocenters. The summed E-state index contributed by atoms with van der Waals surface area (Å²) >= 11 is 0. The minimum Gasteiger partial charge on any atom is -0.488 e. The maximum atomic E-state index is 13.4. The number of carbonyl (C=O) groups is 2. The van der Waals surface area contributed by atoms with E-state index in [4.69, 9.17) is 15.6 Å². The van der Waals surface area contributed by atoms with Gasteiger partial charge >= 0.3 is 6.03 Å². The van der Waals surface area contributed by atoms with Gasteiger partial charge in [0.1, 0.15) is 29.8 Å². The molecule has 12 nitrogen and oxygen atoms in total. The number of unbranched alkanes of at least 4 members (excludes halogenated alkanes) is 1. The molecular formula is C37H37N9O3. The van der Waals surface area contributed by atoms with Gasteiger partial charge < -0.3 is 21.1 Å². The number of hydrogen-bond acceptors (Lipinski definition) is 8. The Hall–Kier alpha value is -6.30. The standard InChI is InChI=1S/C37H37N9O3/c1-3-4-7-26-20-36(46(45-26)28-12-10-24(2)11-13-28)44-37(48)42-31-14-15-32(30-9-6-5-8-29(30)31)49-23-25-16-17-39-34(18-25)43-35-22-40-27(21-41-35)19-33(38)47/h5-6,8-18,20-22H,3-4,7,19,23H2,1-2H3,(H2,38,47)(H,39,41,43)(H2,42,44,48). The molecule has 0 saturated carbocycles. The number of nitrogens with zero attached hydrogens (tertiary/aromatic N) is 5. The Morgan fingerprint density at radius 1 is 0.857 bits per heavy atom. The maximum absolute atomic E-state index is 13.4. The van der Waals surface area contributed by atoms with Gasteiger partial charge in [0.2, 0.25) is 5.91 Å². The number of aryl methyl sites for hydroxylation is 2. The van der Waals surface area contributed by atoms with Crippen LogP contribution in [0, 0.1) is 6.92 Å². The van der Waals surface area contributed by atoms with E-state index in [1.54, 1.807) is 10.9 Å². The van der Waals surface area contributed by atoms with Crippen molar-refractivity contribution in [2.24, 2.45) is 5.73 Å². The van der Waals surface area contributed by atoms with Crippen molar-refractivity contribution in [2.75, 3.05) is 16.0 Å². The zero-order valence-corrected chi connectivity index (χ0v) is 27.3. The van der Waals surface area contributed by atoms with Crippen LogP contribution in [0.15, 0.2) is 97.5 Å². The van der Waals surface area contributed by atoms with Crippen molar-refractivity contribution in [3.05, 3.63) is 120 Å². The fourth-order valence-corrected chi connectivity index (χ4v) is 5.27. The molecular weight excluding hydrogens is 618 g/mol. The number of urea groups is 1. The second kappa shape index (κ2) is 15.1. The van der Waals surface area contributed by atoms with Crippen LogP contribution < -0.4 is 26.4 Å². The van der Waals surface area contributed by atoms with E-state index in [2.05, 4.69) is 37.8 Å². The summed E-state index contributed by atoms with van der Waals surface area (Å²) in [5.74, 6) is 1.84. The van der Waals surface area contributed by atoms with Crippen LogP contribution in [-0.4, -0.2) is 36.7 Å². The lowest BCUT2D eigenvalue weighted by Crippen LogP contribution is -2.21. The average molecular weight is 656 g/mol. The van der Waals surface area contributed by atoms with Crippen LogP contribution >= 0.6 is 0 Å². The SMILES string of the molecule is CCCCc1cc(NC(=O)Nc2ccc(OCc3ccnc(Nc4cnc(CC(N)=O)cn4)c3)c3ccccc23)n(-c2ccc(C)cc2)n1. The second-order valence-electron chi connectivity index (χ2n) is 11.6. The summed E-state index contributed by atoms with van der Waals surface area (Å²) in [6.45, 7) is 4.46. The molecule has 49 heavy (non-hydrogen) atoms. The van der Waals surface area contributed by atoms with Crippen molar-refractivity contribution in [3.63, 3.8) is 0 Å². The number of primary amides is 1. The minimum atomic E-state index is -0.469. The average Bonchev–Trinajstić information content (AvgIpc) is 3.50. The van der Waals surface area contributed by atoms with Crippen LogP contribution in [0.25, 0.3) is 16.5 Å². The fourth-order valence-electron chi connectivity index (χ4n) is 5.27. The number of benzene rings is 3. The number of amides is 3. The molecule has 5 N–H and O–H groups in total. The third-order valence-corrected chi connectivity index (χ3v) is 7.73. The van der Waals surface area contributed by atoms with Gasteiger partial charge in [0.25, 0.3) is 0 Å². The topological polar surface area (TPSA) is 162 Å². The quantitative estimate of drug-likeness (QED) is 0.105. The van der Waals surface area contributed by atoms with Crippen LogP contribution in [0.3, 0.4) is 0 Å². The molecule has 3 aromatic carbocycles. The van der Waals surface area contributed by atoms with Gasteiger partial charge in [0, 0.05) is 23.0 Å². The number of rotatable bonds is 13. The Bertz CT molecular complexity index is 2080. The van der Waals surface area contributed by atoms with Crippen molar-refractivity contribution in [1.82, 2.24) is 24.7 Å². The third-order valence-electron chi connectivity index (χ3n) is 7.73. The van der Waals surface area contributed by atoms with Crippen molar-refractivity contribution in [3.8, 4) is 11.4 Å². The molecule has 0 fully saturated rings. The molecule has 0 spiro atoms. The van der Waals surface area contributed by atoms with E-state index >= 15 is 0 Å². The second-order valence-corrected chi connectivity index (χ2v) is 11.6. The molecule has 0 radical (unpaired) electrons. The Kier molecular flexibility index (Phi) is 10.0. The van der Waals surface area contributed by atoms with Gasteiger partial charge in [-0.2, -0.15) is 5.10 Å². The molecule has 248 valence electrons. The number of fused-ring (bicyclic) bond motifs is 1. The molecule has 0 atom stereocenters. The first-order chi connectivity index (χ1) is 23.8. The van der Waals surface area contributed by atoms with Gasteiger partial charge in [-0.3, -0.25) is 15.1 Å². The summed E-state index contributed by atoms with van der Waals surface area (Å²) in [6.07, 6.45) is 7.63. The van der Waals surface area contributed by atoms with Crippen molar-refractivity contribution < 1.29 is 14.3 Å². The molecule has 0 aliphatic heterocycles. The van der Waals surface area contributed by atoms with E-state index in [0.717, 1.165) is 52.5 Å². The van der Waals surface area contributed by atoms with Crippen molar-refractivity contribution in [2.45, 2.75) is 46.1 Å². The largest absolute Gasteiger partial charge is 0.488 e. The molecule has 0 saturated heterocycles. The lowest BCUT2D eigenvalue weighted by atomic mass is 10.1. The summed E-state index contributed by atoms with van der Waals surface area (Å²) < 4.78 is 8.03. The highest BCUT2D eigenvalue weighted by Gasteiger charge is 2.15. The van der Waals surface area contributed by atoms with Crippen LogP contribution in [0.5, 0.6) is 5.75 Å². The van der Waals surface area contributed by atoms with Gasteiger partial charge in [0.05, 0.1) is 41.6 Å². The van der Waals surface area contributed by atoms with Gasteiger partial charge in [-0.05, 0) is 61.7 Å². The van der Waals surface area contributed by atoms with Gasteiger partial charge in [-0.1, -0.05) is 55.3 Å². The van der Waals surface area contributed by atoms with E-state index in [1.165, 1.54) is 12.4 Å². The lowest BCUT2D eigenvalue weighted by molar-refractivity contribution is -0.117. The van der Waals surface area contributed by atoms with Gasteiger partial charge in [-0.25, -0.2) is 19.4 Å². The highest BCUT2D eigenvalue weighted by molar-refractivity contribution is 6.07. The van der Waals surface area contributed by atoms with Crippen LogP contribution in [-0.2, 0) is 24.2 Å². The number of hydrogen-bond donors (Lipinski definition) is 4. The number of nitrogens with one attached hydrogen (secondary N) is 3. The summed E-state index contributed by atoms with van der Waals surface area (Å²) in [5.41, 5.74) is 10.2. The molecule has 6 rings (SSSR count). The zero-order chi connectivity index (χ0) is 34.2. The highest BCUT2D eigenvalue weighted by Crippen LogP contribution is 2.32. The Morgan fingerprint density at radius 2 is 1.67 bits per heavy atom. The number of aromatic nitrogens is 5. The predicted octanol–water partition coefficient (Wildman–Crippen LogP) is 6.86. The van der Waals surface area contributed by atoms with E-state index in [1.807, 2.05) is 85.8 Å². The highest BCUT2D eigenvalue weighted by atomic mass is 16.5. The van der Waals surface area contributed by atoms with Crippen molar-refractivity contribution >= 4 is 45.9 Å². The number of carbonyl (C=O) groups excluding carboxylic acids is 2. The first-order valence-corrected chi connectivity index (χ1v) is 16.0. The summed E-state index contributed by atoms with van der Waals surface area (Å²) in [7, 11) is 0. The molecule has 3 heterocycles. The Balaban J connectivity index is 1.14. The third kappa shape index (κ3) is 8.35. The first-order valence-electron chi connectivity index (χ1n) is 16.0. The number of anilines is 4. The van der Waals surface area contributed by atoms with E-state index < -0.39 is 5.91 Å². The molecule has 0 bridgehead atoms.